The van der Waals surface area contributed by atoms with Crippen molar-refractivity contribution in [2.24, 2.45) is 0 Å². The highest BCUT2D eigenvalue weighted by molar-refractivity contribution is 6.50. The van der Waals surface area contributed by atoms with Crippen LogP contribution in [0.5, 0.6) is 0 Å². The lowest BCUT2D eigenvalue weighted by molar-refractivity contribution is -0.111. The normalized spacial score (nSPS) is 14.0. The van der Waals surface area contributed by atoms with Crippen molar-refractivity contribution in [1.29, 1.82) is 0 Å². The van der Waals surface area contributed by atoms with Crippen LogP contribution in [-0.4, -0.2) is 16.1 Å². The number of carbonyl (C=O) groups is 2. The smallest absolute Gasteiger partial charge is 0.233 e. The van der Waals surface area contributed by atoms with Crippen molar-refractivity contribution >= 4 is 17.1 Å². The molecule has 3 rings (SSSR count). The Morgan fingerprint density at radius 2 is 1.73 bits per heavy atom. The monoisotopic (exact) mass is 293 g/mol. The molecule has 0 atom stereocenters. The van der Waals surface area contributed by atoms with E-state index in [1.54, 1.807) is 12.1 Å². The number of Topliss-reactive ketones (excluding diaryl/α,β-unsaturated/α-hetero) is 1. The summed E-state index contributed by atoms with van der Waals surface area (Å²) in [4.78, 5) is 24.0. The molecule has 2 aromatic rings. The summed E-state index contributed by atoms with van der Waals surface area (Å²) in [5.41, 5.74) is 3.21. The van der Waals surface area contributed by atoms with E-state index in [0.717, 1.165) is 29.8 Å². The highest BCUT2D eigenvalue weighted by Gasteiger charge is 2.26. The molecular formula is C19H19NO2. The van der Waals surface area contributed by atoms with Gasteiger partial charge in [0.1, 0.15) is 0 Å². The van der Waals surface area contributed by atoms with E-state index in [1.807, 2.05) is 30.5 Å². The second-order valence-electron chi connectivity index (χ2n) is 5.59. The number of unbranched alkanes of at least 4 members (excludes halogenated alkanes) is 2. The van der Waals surface area contributed by atoms with Crippen molar-refractivity contribution in [3.63, 3.8) is 0 Å². The first kappa shape index (κ1) is 14.5. The molecule has 3 heteroatoms. The third kappa shape index (κ3) is 2.54. The fourth-order valence-corrected chi connectivity index (χ4v) is 2.92. The Hall–Kier alpha value is -2.42. The van der Waals surface area contributed by atoms with Gasteiger partial charge in [0.2, 0.25) is 11.6 Å². The lowest BCUT2D eigenvalue weighted by Gasteiger charge is -2.18. The molecule has 1 aliphatic carbocycles. The minimum Gasteiger partial charge on any atom is -0.347 e. The van der Waals surface area contributed by atoms with E-state index in [4.69, 9.17) is 0 Å². The van der Waals surface area contributed by atoms with Crippen LogP contribution in [0.25, 0.3) is 5.57 Å². The van der Waals surface area contributed by atoms with E-state index in [9.17, 15) is 9.59 Å². The maximum absolute atomic E-state index is 12.0. The molecule has 1 heterocycles. The average Bonchev–Trinajstić information content (AvgIpc) is 2.99. The Morgan fingerprint density at radius 3 is 2.50 bits per heavy atom. The topological polar surface area (TPSA) is 39.1 Å². The molecule has 3 nitrogen and oxygen atoms in total. The maximum atomic E-state index is 12.0. The molecule has 0 spiro atoms. The Kier molecular flexibility index (Phi) is 4.05. The molecule has 0 unspecified atom stereocenters. The molecule has 0 radical (unpaired) electrons. The number of ketones is 2. The quantitative estimate of drug-likeness (QED) is 0.620. The number of allylic oxidation sites excluding steroid dienone is 1. The van der Waals surface area contributed by atoms with Gasteiger partial charge >= 0.3 is 0 Å². The van der Waals surface area contributed by atoms with Crippen LogP contribution in [0.3, 0.4) is 0 Å². The number of hydrogen-bond donors (Lipinski definition) is 0. The predicted octanol–water partition coefficient (Wildman–Crippen LogP) is 3.88. The third-order valence-electron chi connectivity index (χ3n) is 4.07. The molecule has 0 fully saturated rings. The van der Waals surface area contributed by atoms with Crippen LogP contribution >= 0.6 is 0 Å². The second-order valence-corrected chi connectivity index (χ2v) is 5.59. The molecule has 1 aliphatic rings. The number of benzene rings is 1. The van der Waals surface area contributed by atoms with Crippen molar-refractivity contribution in [3.8, 4) is 0 Å². The molecule has 0 bridgehead atoms. The molecule has 0 saturated carbocycles. The van der Waals surface area contributed by atoms with Crippen LogP contribution in [-0.2, 0) is 11.3 Å². The van der Waals surface area contributed by atoms with Gasteiger partial charge in [-0.2, -0.15) is 0 Å². The third-order valence-corrected chi connectivity index (χ3v) is 4.07. The summed E-state index contributed by atoms with van der Waals surface area (Å²) in [7, 11) is 0. The van der Waals surface area contributed by atoms with E-state index in [0.29, 0.717) is 5.56 Å². The summed E-state index contributed by atoms with van der Waals surface area (Å²) in [6.07, 6.45) is 6.99. The minimum absolute atomic E-state index is 0.413. The second kappa shape index (κ2) is 6.14. The Balaban J connectivity index is 2.02. The van der Waals surface area contributed by atoms with Gasteiger partial charge in [0.25, 0.3) is 0 Å². The zero-order valence-electron chi connectivity index (χ0n) is 12.7. The first-order valence-electron chi connectivity index (χ1n) is 7.77. The van der Waals surface area contributed by atoms with E-state index in [-0.39, 0.29) is 0 Å². The van der Waals surface area contributed by atoms with Crippen LogP contribution in [0.1, 0.15) is 47.8 Å². The molecule has 0 N–H and O–H groups in total. The predicted molar refractivity (Wildman–Crippen MR) is 86.8 cm³/mol. The molecule has 22 heavy (non-hydrogen) atoms. The molecule has 1 aromatic heterocycles. The lowest BCUT2D eigenvalue weighted by atomic mass is 9.87. The maximum Gasteiger partial charge on any atom is 0.233 e. The highest BCUT2D eigenvalue weighted by atomic mass is 16.2. The van der Waals surface area contributed by atoms with E-state index in [1.165, 1.54) is 18.9 Å². The summed E-state index contributed by atoms with van der Waals surface area (Å²) < 4.78 is 2.17. The number of nitrogens with zero attached hydrogens (tertiary/aromatic N) is 1. The minimum atomic E-state index is -0.435. The number of rotatable bonds is 5. The number of aryl methyl sites for hydroxylation is 1. The number of hydrogen-bond acceptors (Lipinski definition) is 2. The van der Waals surface area contributed by atoms with E-state index < -0.39 is 11.6 Å². The Labute approximate surface area is 130 Å². The van der Waals surface area contributed by atoms with Crippen molar-refractivity contribution in [1.82, 2.24) is 4.57 Å². The van der Waals surface area contributed by atoms with Gasteiger partial charge in [-0.25, -0.2) is 0 Å². The molecule has 0 amide bonds. The highest BCUT2D eigenvalue weighted by Crippen LogP contribution is 2.31. The number of aromatic nitrogens is 1. The fourth-order valence-electron chi connectivity index (χ4n) is 2.92. The SMILES string of the molecule is CCCCCn1cccc1C1=CC(=O)C(=O)c2ccccc21. The van der Waals surface area contributed by atoms with Gasteiger partial charge in [-0.3, -0.25) is 9.59 Å². The van der Waals surface area contributed by atoms with Crippen molar-refractivity contribution in [2.75, 3.05) is 0 Å². The zero-order valence-corrected chi connectivity index (χ0v) is 12.7. The number of fused-ring (bicyclic) bond motifs is 1. The summed E-state index contributed by atoms with van der Waals surface area (Å²) in [6.45, 7) is 3.11. The van der Waals surface area contributed by atoms with Gasteiger partial charge in [0.05, 0.1) is 0 Å². The van der Waals surface area contributed by atoms with Crippen LogP contribution < -0.4 is 0 Å². The molecule has 0 saturated heterocycles. The molecule has 1 aromatic carbocycles. The molecule has 0 aliphatic heterocycles. The van der Waals surface area contributed by atoms with Crippen molar-refractivity contribution < 1.29 is 9.59 Å². The summed E-state index contributed by atoms with van der Waals surface area (Å²) >= 11 is 0. The molecular weight excluding hydrogens is 274 g/mol. The first-order valence-corrected chi connectivity index (χ1v) is 7.77. The lowest BCUT2D eigenvalue weighted by Crippen LogP contribution is -2.19. The van der Waals surface area contributed by atoms with Gasteiger partial charge in [0, 0.05) is 29.6 Å². The zero-order chi connectivity index (χ0) is 15.5. The van der Waals surface area contributed by atoms with Gasteiger partial charge in [-0.1, -0.05) is 44.0 Å². The fraction of sp³-hybridized carbons (Fsp3) is 0.263. The largest absolute Gasteiger partial charge is 0.347 e. The average molecular weight is 293 g/mol. The van der Waals surface area contributed by atoms with Crippen LogP contribution in [0.15, 0.2) is 48.7 Å². The number of carbonyl (C=O) groups excluding carboxylic acids is 2. The van der Waals surface area contributed by atoms with Crippen molar-refractivity contribution in [2.45, 2.75) is 32.7 Å². The van der Waals surface area contributed by atoms with Crippen LogP contribution in [0, 0.1) is 0 Å². The van der Waals surface area contributed by atoms with Gasteiger partial charge in [0.15, 0.2) is 0 Å². The molecule has 112 valence electrons. The Morgan fingerprint density at radius 1 is 0.955 bits per heavy atom. The van der Waals surface area contributed by atoms with Crippen molar-refractivity contribution in [3.05, 3.63) is 65.5 Å². The summed E-state index contributed by atoms with van der Waals surface area (Å²) in [5.74, 6) is -0.849. The van der Waals surface area contributed by atoms with E-state index >= 15 is 0 Å². The van der Waals surface area contributed by atoms with Crippen LogP contribution in [0.4, 0.5) is 0 Å². The summed E-state index contributed by atoms with van der Waals surface area (Å²) in [5, 5.41) is 0. The van der Waals surface area contributed by atoms with Gasteiger partial charge in [-0.05, 0) is 30.2 Å². The van der Waals surface area contributed by atoms with Gasteiger partial charge in [-0.15, -0.1) is 0 Å². The first-order chi connectivity index (χ1) is 10.7. The van der Waals surface area contributed by atoms with Gasteiger partial charge < -0.3 is 4.57 Å². The Bertz CT molecular complexity index is 752. The van der Waals surface area contributed by atoms with Crippen LogP contribution in [0.2, 0.25) is 0 Å². The van der Waals surface area contributed by atoms with E-state index in [2.05, 4.69) is 11.5 Å². The standard InChI is InChI=1S/C19H19NO2/c1-2-3-6-11-20-12-7-10-17(20)16-13-18(21)19(22)15-9-5-4-8-14(15)16/h4-5,7-10,12-13H,2-3,6,11H2,1H3. The summed E-state index contributed by atoms with van der Waals surface area (Å²) in [6, 6.07) is 11.3.